The predicted octanol–water partition coefficient (Wildman–Crippen LogP) is 17.1. The molecule has 0 amide bonds. The molecule has 1 heterocycles. The van der Waals surface area contributed by atoms with E-state index in [2.05, 4.69) is 148 Å². The van der Waals surface area contributed by atoms with Crippen molar-refractivity contribution in [1.29, 1.82) is 0 Å². The Labute approximate surface area is 351 Å². The van der Waals surface area contributed by atoms with Gasteiger partial charge in [-0.2, -0.15) is 0 Å². The fourth-order valence-electron chi connectivity index (χ4n) is 10.3. The molecule has 57 heavy (non-hydrogen) atoms. The van der Waals surface area contributed by atoms with Gasteiger partial charge in [-0.3, -0.25) is 4.57 Å². The van der Waals surface area contributed by atoms with Crippen LogP contribution in [-0.4, -0.2) is 9.55 Å². The number of benzene rings is 3. The maximum atomic E-state index is 5.52. The largest absolute Gasteiger partial charge is 0.296 e. The topological polar surface area (TPSA) is 17.8 Å². The van der Waals surface area contributed by atoms with E-state index < -0.39 is 0 Å². The summed E-state index contributed by atoms with van der Waals surface area (Å²) in [6.07, 6.45) is 26.6. The second-order valence-electron chi connectivity index (χ2n) is 20.0. The molecule has 0 radical (unpaired) electrons. The number of rotatable bonds is 22. The van der Waals surface area contributed by atoms with Gasteiger partial charge in [-0.05, 0) is 88.4 Å². The molecule has 0 atom stereocenters. The minimum atomic E-state index is -0.0388. The minimum Gasteiger partial charge on any atom is -0.296 e. The van der Waals surface area contributed by atoms with Crippen molar-refractivity contribution >= 4 is 0 Å². The van der Waals surface area contributed by atoms with Crippen molar-refractivity contribution in [1.82, 2.24) is 9.55 Å². The van der Waals surface area contributed by atoms with E-state index in [-0.39, 0.29) is 21.7 Å². The van der Waals surface area contributed by atoms with Gasteiger partial charge < -0.3 is 0 Å². The van der Waals surface area contributed by atoms with Crippen LogP contribution in [0.4, 0.5) is 0 Å². The predicted molar refractivity (Wildman–Crippen MR) is 250 cm³/mol. The molecule has 1 aliphatic rings. The fourth-order valence-corrected chi connectivity index (χ4v) is 10.3. The Kier molecular flexibility index (Phi) is 15.6. The summed E-state index contributed by atoms with van der Waals surface area (Å²) in [4.78, 5) is 5.52. The molecule has 0 bridgehead atoms. The number of fused-ring (bicyclic) bond motifs is 3. The molecule has 0 spiro atoms. The summed E-state index contributed by atoms with van der Waals surface area (Å²) in [7, 11) is 0. The van der Waals surface area contributed by atoms with E-state index in [9.17, 15) is 0 Å². The van der Waals surface area contributed by atoms with E-state index in [1.54, 1.807) is 11.1 Å². The van der Waals surface area contributed by atoms with Crippen LogP contribution in [0.1, 0.15) is 226 Å². The highest BCUT2D eigenvalue weighted by Gasteiger charge is 2.43. The van der Waals surface area contributed by atoms with E-state index in [0.29, 0.717) is 0 Å². The quantitative estimate of drug-likeness (QED) is 0.0728. The van der Waals surface area contributed by atoms with Crippen molar-refractivity contribution in [3.05, 3.63) is 94.8 Å². The zero-order valence-corrected chi connectivity index (χ0v) is 38.7. The van der Waals surface area contributed by atoms with Gasteiger partial charge >= 0.3 is 0 Å². The van der Waals surface area contributed by atoms with Gasteiger partial charge in [-0.25, -0.2) is 4.98 Å². The second kappa shape index (κ2) is 19.7. The number of hydrogen-bond donors (Lipinski definition) is 0. The van der Waals surface area contributed by atoms with E-state index in [0.717, 1.165) is 18.7 Å². The first-order chi connectivity index (χ1) is 27.3. The number of hydrogen-bond acceptors (Lipinski definition) is 1. The molecule has 0 saturated carbocycles. The Morgan fingerprint density at radius 2 is 1.14 bits per heavy atom. The van der Waals surface area contributed by atoms with Crippen LogP contribution >= 0.6 is 0 Å². The minimum absolute atomic E-state index is 0.0388. The van der Waals surface area contributed by atoms with Gasteiger partial charge in [0.05, 0.1) is 5.69 Å². The molecule has 0 fully saturated rings. The van der Waals surface area contributed by atoms with Crippen molar-refractivity contribution < 1.29 is 0 Å². The van der Waals surface area contributed by atoms with Crippen molar-refractivity contribution in [2.45, 2.75) is 220 Å². The van der Waals surface area contributed by atoms with Gasteiger partial charge in [-0.1, -0.05) is 215 Å². The number of aromatic nitrogens is 2. The van der Waals surface area contributed by atoms with E-state index in [1.807, 2.05) is 0 Å². The molecule has 0 saturated heterocycles. The van der Waals surface area contributed by atoms with Crippen LogP contribution in [-0.2, 0) is 21.7 Å². The first kappa shape index (κ1) is 45.0. The normalized spacial score (nSPS) is 13.9. The first-order valence-corrected chi connectivity index (χ1v) is 23.8. The standard InChI is InChI=1S/C55H82N2/c1-12-17-20-22-24-28-37-55(38-29-25-23-21-18-13-2)46-31-27-26-30-44(46)45-34-32-42(39-47(45)55)51-56-41-50(54(15-4,16-5)36-19-14-3)57(51)49-35-33-43(52(6,7)8)40-48(49)53(9,10)11/h26-27,30-35,39-41H,12-25,28-29,36-38H2,1-11H3. The Hall–Kier alpha value is -3.13. The van der Waals surface area contributed by atoms with Crippen molar-refractivity contribution in [3.8, 4) is 28.2 Å². The molecule has 1 aliphatic carbocycles. The smallest absolute Gasteiger partial charge is 0.144 e. The Bertz CT molecular complexity index is 1840. The second-order valence-corrected chi connectivity index (χ2v) is 20.0. The van der Waals surface area contributed by atoms with Gasteiger partial charge in [0.1, 0.15) is 5.82 Å². The van der Waals surface area contributed by atoms with Crippen LogP contribution in [0, 0.1) is 0 Å². The van der Waals surface area contributed by atoms with Crippen LogP contribution < -0.4 is 0 Å². The molecule has 3 aromatic carbocycles. The van der Waals surface area contributed by atoms with Gasteiger partial charge in [0.15, 0.2) is 0 Å². The molecule has 0 aliphatic heterocycles. The number of imidazole rings is 1. The summed E-state index contributed by atoms with van der Waals surface area (Å²) in [6.45, 7) is 26.0. The molecule has 0 N–H and O–H groups in total. The van der Waals surface area contributed by atoms with Crippen molar-refractivity contribution in [3.63, 3.8) is 0 Å². The third kappa shape index (κ3) is 9.85. The highest BCUT2D eigenvalue weighted by atomic mass is 15.1. The van der Waals surface area contributed by atoms with Crippen molar-refractivity contribution in [2.75, 3.05) is 0 Å². The SMILES string of the molecule is CCCCCCCCC1(CCCCCCCC)c2ccccc2-c2ccc(-c3ncc(C(CC)(CC)CCCC)n3-c3ccc(C(C)(C)C)cc3C(C)(C)C)cc21. The Morgan fingerprint density at radius 1 is 0.561 bits per heavy atom. The van der Waals surface area contributed by atoms with Gasteiger partial charge in [-0.15, -0.1) is 0 Å². The van der Waals surface area contributed by atoms with Crippen LogP contribution in [0.2, 0.25) is 0 Å². The summed E-state index contributed by atoms with van der Waals surface area (Å²) < 4.78 is 2.64. The lowest BCUT2D eigenvalue weighted by Gasteiger charge is -2.35. The summed E-state index contributed by atoms with van der Waals surface area (Å²) in [5.74, 6) is 1.11. The summed E-state index contributed by atoms with van der Waals surface area (Å²) in [5, 5.41) is 0. The molecule has 2 heteroatoms. The highest BCUT2D eigenvalue weighted by Crippen LogP contribution is 2.55. The average Bonchev–Trinajstić information content (AvgIpc) is 3.75. The van der Waals surface area contributed by atoms with Crippen LogP contribution in [0.15, 0.2) is 66.9 Å². The Balaban J connectivity index is 1.73. The maximum absolute atomic E-state index is 5.52. The molecular formula is C55H82N2. The third-order valence-electron chi connectivity index (χ3n) is 14.0. The monoisotopic (exact) mass is 771 g/mol. The molecule has 2 nitrogen and oxygen atoms in total. The van der Waals surface area contributed by atoms with Gasteiger partial charge in [0.25, 0.3) is 0 Å². The third-order valence-corrected chi connectivity index (χ3v) is 14.0. The zero-order chi connectivity index (χ0) is 41.3. The summed E-state index contributed by atoms with van der Waals surface area (Å²) in [5.41, 5.74) is 12.9. The van der Waals surface area contributed by atoms with Crippen LogP contribution in [0.3, 0.4) is 0 Å². The van der Waals surface area contributed by atoms with Crippen LogP contribution in [0.5, 0.6) is 0 Å². The molecule has 1 aromatic heterocycles. The molecule has 0 unspecified atom stereocenters. The maximum Gasteiger partial charge on any atom is 0.144 e. The Morgan fingerprint density at radius 3 is 1.72 bits per heavy atom. The molecular weight excluding hydrogens is 689 g/mol. The van der Waals surface area contributed by atoms with Crippen molar-refractivity contribution in [2.24, 2.45) is 0 Å². The van der Waals surface area contributed by atoms with E-state index in [1.165, 1.54) is 148 Å². The van der Waals surface area contributed by atoms with E-state index in [4.69, 9.17) is 4.98 Å². The lowest BCUT2D eigenvalue weighted by molar-refractivity contribution is 0.339. The van der Waals surface area contributed by atoms with Gasteiger partial charge in [0.2, 0.25) is 0 Å². The van der Waals surface area contributed by atoms with Crippen LogP contribution in [0.25, 0.3) is 28.2 Å². The summed E-state index contributed by atoms with van der Waals surface area (Å²) in [6, 6.07) is 24.3. The highest BCUT2D eigenvalue weighted by molar-refractivity contribution is 5.83. The average molecular weight is 771 g/mol. The molecule has 4 aromatic rings. The van der Waals surface area contributed by atoms with Gasteiger partial charge in [0, 0.05) is 28.3 Å². The van der Waals surface area contributed by atoms with E-state index >= 15 is 0 Å². The lowest BCUT2D eigenvalue weighted by atomic mass is 9.70. The fraction of sp³-hybridized carbons (Fsp3) is 0.618. The zero-order valence-electron chi connectivity index (χ0n) is 38.7. The molecule has 5 rings (SSSR count). The first-order valence-electron chi connectivity index (χ1n) is 23.8. The lowest BCUT2D eigenvalue weighted by Crippen LogP contribution is -2.29. The number of nitrogens with zero attached hydrogens (tertiary/aromatic N) is 2. The summed E-state index contributed by atoms with van der Waals surface area (Å²) >= 11 is 0. The molecule has 312 valence electrons. The number of unbranched alkanes of at least 4 members (excludes halogenated alkanes) is 11.